The van der Waals surface area contributed by atoms with E-state index in [1.54, 1.807) is 11.0 Å². The van der Waals surface area contributed by atoms with Gasteiger partial charge in [-0.3, -0.25) is 9.59 Å². The number of hydrogen-bond acceptors (Lipinski definition) is 3. The normalized spacial score (nSPS) is 12.9. The summed E-state index contributed by atoms with van der Waals surface area (Å²) in [6, 6.07) is 22.2. The molecule has 3 aromatic rings. The van der Waals surface area contributed by atoms with E-state index < -0.39 is 6.04 Å². The Morgan fingerprint density at radius 1 is 1.00 bits per heavy atom. The minimum atomic E-state index is -0.733. The van der Waals surface area contributed by atoms with Crippen LogP contribution in [-0.4, -0.2) is 35.4 Å². The van der Waals surface area contributed by atoms with Gasteiger partial charge in [0.2, 0.25) is 5.91 Å². The standard InChI is InChI=1S/C32H38BrClN2O3/c1-6-22(2)35-31(38)28(18-23-11-8-7-9-12-23)36(20-24-13-10-14-26(34)17-24)30(37)21-39-29-16-15-25(19-27(29)33)32(3,4)5/h7-17,19,22,28H,6,18,20-21H2,1-5H3,(H,35,38)/t22-,28+/m1/s1. The second-order valence-corrected chi connectivity index (χ2v) is 12.1. The van der Waals surface area contributed by atoms with Crippen molar-refractivity contribution < 1.29 is 14.3 Å². The number of nitrogens with one attached hydrogen (secondary N) is 1. The van der Waals surface area contributed by atoms with Crippen LogP contribution in [0.4, 0.5) is 0 Å². The van der Waals surface area contributed by atoms with E-state index in [0.29, 0.717) is 17.2 Å². The van der Waals surface area contributed by atoms with E-state index in [4.69, 9.17) is 16.3 Å². The molecule has 3 rings (SSSR count). The summed E-state index contributed by atoms with van der Waals surface area (Å²) in [6.45, 7) is 10.4. The van der Waals surface area contributed by atoms with E-state index >= 15 is 0 Å². The SMILES string of the molecule is CC[C@@H](C)NC(=O)[C@H](Cc1ccccc1)N(Cc1cccc(Cl)c1)C(=O)COc1ccc(C(C)(C)C)cc1Br. The highest BCUT2D eigenvalue weighted by atomic mass is 79.9. The van der Waals surface area contributed by atoms with Gasteiger partial charge in [-0.25, -0.2) is 0 Å². The van der Waals surface area contributed by atoms with Gasteiger partial charge in [-0.05, 0) is 75.6 Å². The van der Waals surface area contributed by atoms with Gasteiger partial charge < -0.3 is 15.0 Å². The molecule has 0 spiro atoms. The Bertz CT molecular complexity index is 1260. The number of carbonyl (C=O) groups is 2. The average molecular weight is 614 g/mol. The zero-order valence-corrected chi connectivity index (χ0v) is 25.7. The first kappa shape index (κ1) is 30.7. The number of ether oxygens (including phenoxy) is 1. The van der Waals surface area contributed by atoms with Crippen LogP contribution in [0, 0.1) is 0 Å². The van der Waals surface area contributed by atoms with Crippen molar-refractivity contribution in [1.29, 1.82) is 0 Å². The lowest BCUT2D eigenvalue weighted by atomic mass is 9.87. The molecule has 0 saturated carbocycles. The first-order valence-corrected chi connectivity index (χ1v) is 14.5. The third-order valence-corrected chi connectivity index (χ3v) is 7.52. The molecule has 2 amide bonds. The number of benzene rings is 3. The van der Waals surface area contributed by atoms with Crippen LogP contribution in [0.5, 0.6) is 5.75 Å². The van der Waals surface area contributed by atoms with Crippen LogP contribution >= 0.6 is 27.5 Å². The van der Waals surface area contributed by atoms with Crippen LogP contribution in [0.3, 0.4) is 0 Å². The summed E-state index contributed by atoms with van der Waals surface area (Å²) in [5, 5.41) is 3.65. The van der Waals surface area contributed by atoms with Gasteiger partial charge in [0.15, 0.2) is 6.61 Å². The summed E-state index contributed by atoms with van der Waals surface area (Å²) in [4.78, 5) is 29.0. The van der Waals surface area contributed by atoms with Crippen molar-refractivity contribution in [3.63, 3.8) is 0 Å². The summed E-state index contributed by atoms with van der Waals surface area (Å²) in [5.74, 6) is 0.0871. The van der Waals surface area contributed by atoms with Gasteiger partial charge in [-0.2, -0.15) is 0 Å². The summed E-state index contributed by atoms with van der Waals surface area (Å²) >= 11 is 9.85. The molecule has 3 aromatic carbocycles. The maximum absolute atomic E-state index is 13.8. The van der Waals surface area contributed by atoms with Crippen LogP contribution in [0.25, 0.3) is 0 Å². The van der Waals surface area contributed by atoms with Crippen molar-refractivity contribution in [2.75, 3.05) is 6.61 Å². The van der Waals surface area contributed by atoms with E-state index in [2.05, 4.69) is 42.0 Å². The van der Waals surface area contributed by atoms with Gasteiger partial charge >= 0.3 is 0 Å². The van der Waals surface area contributed by atoms with Crippen LogP contribution < -0.4 is 10.1 Å². The Morgan fingerprint density at radius 2 is 1.69 bits per heavy atom. The van der Waals surface area contributed by atoms with E-state index in [1.165, 1.54) is 0 Å². The molecule has 0 aliphatic rings. The highest BCUT2D eigenvalue weighted by Gasteiger charge is 2.31. The Hall–Kier alpha value is -2.83. The van der Waals surface area contributed by atoms with Crippen molar-refractivity contribution in [2.24, 2.45) is 0 Å². The molecule has 0 aromatic heterocycles. The molecule has 5 nitrogen and oxygen atoms in total. The lowest BCUT2D eigenvalue weighted by molar-refractivity contribution is -0.143. The van der Waals surface area contributed by atoms with E-state index in [0.717, 1.165) is 27.6 Å². The van der Waals surface area contributed by atoms with Gasteiger partial charge in [-0.15, -0.1) is 0 Å². The summed E-state index contributed by atoms with van der Waals surface area (Å²) < 4.78 is 6.77. The average Bonchev–Trinajstić information content (AvgIpc) is 2.89. The smallest absolute Gasteiger partial charge is 0.261 e. The van der Waals surface area contributed by atoms with Crippen LogP contribution in [0.2, 0.25) is 5.02 Å². The van der Waals surface area contributed by atoms with Crippen molar-refractivity contribution in [1.82, 2.24) is 10.2 Å². The fraction of sp³-hybridized carbons (Fsp3) is 0.375. The molecule has 208 valence electrons. The molecule has 0 aliphatic heterocycles. The number of carbonyl (C=O) groups excluding carboxylic acids is 2. The maximum atomic E-state index is 13.8. The number of halogens is 2. The van der Waals surface area contributed by atoms with Crippen LogP contribution in [0.15, 0.2) is 77.3 Å². The van der Waals surface area contributed by atoms with Crippen molar-refractivity contribution >= 4 is 39.3 Å². The molecular weight excluding hydrogens is 576 g/mol. The number of hydrogen-bond donors (Lipinski definition) is 1. The first-order valence-electron chi connectivity index (χ1n) is 13.3. The Kier molecular flexibility index (Phi) is 11.0. The van der Waals surface area contributed by atoms with Crippen molar-refractivity contribution in [3.05, 3.63) is 99.0 Å². The van der Waals surface area contributed by atoms with E-state index in [9.17, 15) is 9.59 Å². The predicted octanol–water partition coefficient (Wildman–Crippen LogP) is 7.33. The molecule has 39 heavy (non-hydrogen) atoms. The molecule has 7 heteroatoms. The number of nitrogens with zero attached hydrogens (tertiary/aromatic N) is 1. The quantitative estimate of drug-likeness (QED) is 0.246. The molecule has 1 N–H and O–H groups in total. The number of rotatable bonds is 11. The minimum absolute atomic E-state index is 0.0156. The largest absolute Gasteiger partial charge is 0.483 e. The molecular formula is C32H38BrClN2O3. The lowest BCUT2D eigenvalue weighted by Crippen LogP contribution is -2.53. The minimum Gasteiger partial charge on any atom is -0.483 e. The molecule has 0 fully saturated rings. The molecule has 0 aliphatic carbocycles. The highest BCUT2D eigenvalue weighted by Crippen LogP contribution is 2.31. The van der Waals surface area contributed by atoms with E-state index in [-0.39, 0.29) is 36.4 Å². The maximum Gasteiger partial charge on any atom is 0.261 e. The molecule has 0 radical (unpaired) electrons. The Labute approximate surface area is 246 Å². The predicted molar refractivity (Wildman–Crippen MR) is 162 cm³/mol. The van der Waals surface area contributed by atoms with E-state index in [1.807, 2.05) is 80.6 Å². The van der Waals surface area contributed by atoms with Crippen molar-refractivity contribution in [3.8, 4) is 5.75 Å². The van der Waals surface area contributed by atoms with Gasteiger partial charge in [0.05, 0.1) is 4.47 Å². The molecule has 2 atom stereocenters. The fourth-order valence-corrected chi connectivity index (χ4v) is 4.84. The zero-order valence-electron chi connectivity index (χ0n) is 23.3. The molecule has 0 bridgehead atoms. The monoisotopic (exact) mass is 612 g/mol. The molecule has 0 saturated heterocycles. The summed E-state index contributed by atoms with van der Waals surface area (Å²) in [5.41, 5.74) is 2.94. The highest BCUT2D eigenvalue weighted by molar-refractivity contribution is 9.10. The Morgan fingerprint density at radius 3 is 2.31 bits per heavy atom. The molecule has 0 heterocycles. The fourth-order valence-electron chi connectivity index (χ4n) is 4.13. The van der Waals surface area contributed by atoms with Crippen molar-refractivity contribution in [2.45, 2.75) is 71.5 Å². The summed E-state index contributed by atoms with van der Waals surface area (Å²) in [6.07, 6.45) is 1.16. The van der Waals surface area contributed by atoms with Gasteiger partial charge in [0.1, 0.15) is 11.8 Å². The van der Waals surface area contributed by atoms with Gasteiger partial charge in [0.25, 0.3) is 5.91 Å². The second-order valence-electron chi connectivity index (χ2n) is 10.9. The molecule has 0 unspecified atom stereocenters. The van der Waals surface area contributed by atoms with Gasteiger partial charge in [0, 0.05) is 24.0 Å². The zero-order chi connectivity index (χ0) is 28.6. The topological polar surface area (TPSA) is 58.6 Å². The lowest BCUT2D eigenvalue weighted by Gasteiger charge is -2.32. The van der Waals surface area contributed by atoms with Gasteiger partial charge in [-0.1, -0.05) is 87.8 Å². The van der Waals surface area contributed by atoms with Crippen LogP contribution in [0.1, 0.15) is 57.7 Å². The Balaban J connectivity index is 1.92. The summed E-state index contributed by atoms with van der Waals surface area (Å²) in [7, 11) is 0. The number of amides is 2. The third-order valence-electron chi connectivity index (χ3n) is 6.66. The second kappa shape index (κ2) is 14.0. The first-order chi connectivity index (χ1) is 18.5. The van der Waals surface area contributed by atoms with Crippen LogP contribution in [-0.2, 0) is 28.0 Å². The third kappa shape index (κ3) is 9.11.